The monoisotopic (exact) mass is 346 g/mol. The van der Waals surface area contributed by atoms with Gasteiger partial charge in [0.25, 0.3) is 0 Å². The van der Waals surface area contributed by atoms with Crippen LogP contribution in [0.25, 0.3) is 22.5 Å². The second kappa shape index (κ2) is 6.64. The summed E-state index contributed by atoms with van der Waals surface area (Å²) in [5, 5.41) is 2.69. The number of oxazole rings is 1. The maximum Gasteiger partial charge on any atom is 0.420 e. The number of nitrogens with zero attached hydrogens (tertiary/aromatic N) is 3. The molecule has 26 heavy (non-hydrogen) atoms. The van der Waals surface area contributed by atoms with E-state index in [9.17, 15) is 9.59 Å². The van der Waals surface area contributed by atoms with Gasteiger partial charge in [0.05, 0.1) is 23.6 Å². The summed E-state index contributed by atoms with van der Waals surface area (Å²) in [7, 11) is 0. The molecule has 0 saturated heterocycles. The maximum atomic E-state index is 12.3. The SMILES string of the molecule is O=C(Cn1c(=O)oc2ccccc21)Nc1cnc(-c2ccccc2)nc1. The lowest BCUT2D eigenvalue weighted by molar-refractivity contribution is -0.116. The van der Waals surface area contributed by atoms with Crippen LogP contribution < -0.4 is 11.1 Å². The van der Waals surface area contributed by atoms with Crippen molar-refractivity contribution in [3.8, 4) is 11.4 Å². The third kappa shape index (κ3) is 3.10. The summed E-state index contributed by atoms with van der Waals surface area (Å²) in [5.41, 5.74) is 2.36. The van der Waals surface area contributed by atoms with Crippen molar-refractivity contribution in [1.82, 2.24) is 14.5 Å². The maximum absolute atomic E-state index is 12.3. The molecule has 0 aliphatic heterocycles. The first-order valence-electron chi connectivity index (χ1n) is 7.96. The van der Waals surface area contributed by atoms with Crippen LogP contribution >= 0.6 is 0 Å². The molecule has 1 amide bonds. The molecule has 7 nitrogen and oxygen atoms in total. The standard InChI is InChI=1S/C19H14N4O3/c24-17(12-23-15-8-4-5-9-16(15)26-19(23)25)22-14-10-20-18(21-11-14)13-6-2-1-3-7-13/h1-11H,12H2,(H,22,24). The third-order valence-electron chi connectivity index (χ3n) is 3.84. The van der Waals surface area contributed by atoms with Gasteiger partial charge in [-0.25, -0.2) is 14.8 Å². The largest absolute Gasteiger partial charge is 0.420 e. The first-order chi connectivity index (χ1) is 12.7. The molecule has 0 atom stereocenters. The molecule has 0 aliphatic carbocycles. The number of amides is 1. The Morgan fingerprint density at radius 2 is 1.69 bits per heavy atom. The molecule has 7 heteroatoms. The van der Waals surface area contributed by atoms with Crippen molar-refractivity contribution in [3.05, 3.63) is 77.5 Å². The summed E-state index contributed by atoms with van der Waals surface area (Å²) in [6.45, 7) is -0.156. The minimum Gasteiger partial charge on any atom is -0.408 e. The van der Waals surface area contributed by atoms with Gasteiger partial charge >= 0.3 is 5.76 Å². The highest BCUT2D eigenvalue weighted by molar-refractivity contribution is 5.91. The first kappa shape index (κ1) is 15.8. The van der Waals surface area contributed by atoms with Crippen LogP contribution in [0.1, 0.15) is 0 Å². The molecule has 0 unspecified atom stereocenters. The van der Waals surface area contributed by atoms with Crippen molar-refractivity contribution in [3.63, 3.8) is 0 Å². The Hall–Kier alpha value is -3.74. The molecule has 1 N–H and O–H groups in total. The fraction of sp³-hybridized carbons (Fsp3) is 0.0526. The number of nitrogens with one attached hydrogen (secondary N) is 1. The molecule has 0 bridgehead atoms. The molecule has 0 spiro atoms. The fourth-order valence-electron chi connectivity index (χ4n) is 2.64. The zero-order valence-electron chi connectivity index (χ0n) is 13.6. The molecule has 0 aliphatic rings. The second-order valence-electron chi connectivity index (χ2n) is 5.63. The highest BCUT2D eigenvalue weighted by Crippen LogP contribution is 2.15. The van der Waals surface area contributed by atoms with Gasteiger partial charge in [0.2, 0.25) is 5.91 Å². The molecular weight excluding hydrogens is 332 g/mol. The smallest absolute Gasteiger partial charge is 0.408 e. The first-order valence-corrected chi connectivity index (χ1v) is 7.96. The number of fused-ring (bicyclic) bond motifs is 1. The van der Waals surface area contributed by atoms with Crippen molar-refractivity contribution in [2.45, 2.75) is 6.54 Å². The van der Waals surface area contributed by atoms with Crippen molar-refractivity contribution in [2.75, 3.05) is 5.32 Å². The number of benzene rings is 2. The molecule has 4 rings (SSSR count). The van der Waals surface area contributed by atoms with Crippen LogP contribution in [0.5, 0.6) is 0 Å². The van der Waals surface area contributed by atoms with Gasteiger partial charge in [-0.1, -0.05) is 42.5 Å². The number of hydrogen-bond acceptors (Lipinski definition) is 5. The lowest BCUT2D eigenvalue weighted by atomic mass is 10.2. The van der Waals surface area contributed by atoms with Crippen LogP contribution in [0.4, 0.5) is 5.69 Å². The molecule has 2 aromatic heterocycles. The third-order valence-corrected chi connectivity index (χ3v) is 3.84. The highest BCUT2D eigenvalue weighted by Gasteiger charge is 2.12. The summed E-state index contributed by atoms with van der Waals surface area (Å²) in [5.74, 6) is -0.368. The van der Waals surface area contributed by atoms with E-state index in [-0.39, 0.29) is 12.5 Å². The van der Waals surface area contributed by atoms with Gasteiger partial charge in [-0.3, -0.25) is 9.36 Å². The Kier molecular flexibility index (Phi) is 4.03. The predicted octanol–water partition coefficient (Wildman–Crippen LogP) is 2.69. The Bertz CT molecular complexity index is 1110. The van der Waals surface area contributed by atoms with Crippen LogP contribution in [0.3, 0.4) is 0 Å². The van der Waals surface area contributed by atoms with E-state index in [0.29, 0.717) is 22.6 Å². The van der Waals surface area contributed by atoms with Crippen molar-refractivity contribution < 1.29 is 9.21 Å². The molecule has 0 radical (unpaired) electrons. The number of para-hydroxylation sites is 2. The predicted molar refractivity (Wildman–Crippen MR) is 96.6 cm³/mol. The van der Waals surface area contributed by atoms with E-state index in [0.717, 1.165) is 5.56 Å². The number of aromatic nitrogens is 3. The van der Waals surface area contributed by atoms with Gasteiger partial charge in [-0.15, -0.1) is 0 Å². The normalized spacial score (nSPS) is 10.8. The zero-order valence-corrected chi connectivity index (χ0v) is 13.6. The Balaban J connectivity index is 1.50. The van der Waals surface area contributed by atoms with Gasteiger partial charge in [-0.2, -0.15) is 0 Å². The topological polar surface area (TPSA) is 90.0 Å². The van der Waals surface area contributed by atoms with Gasteiger partial charge in [-0.05, 0) is 12.1 Å². The molecule has 0 fully saturated rings. The fourth-order valence-corrected chi connectivity index (χ4v) is 2.64. The molecular formula is C19H14N4O3. The van der Waals surface area contributed by atoms with Gasteiger partial charge < -0.3 is 9.73 Å². The molecule has 2 aromatic carbocycles. The van der Waals surface area contributed by atoms with Crippen LogP contribution in [0.15, 0.2) is 76.2 Å². The summed E-state index contributed by atoms with van der Waals surface area (Å²) >= 11 is 0. The number of carbonyl (C=O) groups excluding carboxylic acids is 1. The van der Waals surface area contributed by atoms with Crippen LogP contribution in [-0.4, -0.2) is 20.4 Å². The molecule has 0 saturated carbocycles. The summed E-state index contributed by atoms with van der Waals surface area (Å²) in [6, 6.07) is 16.5. The van der Waals surface area contributed by atoms with Crippen LogP contribution in [0, 0.1) is 0 Å². The van der Waals surface area contributed by atoms with E-state index in [1.807, 2.05) is 30.3 Å². The zero-order chi connectivity index (χ0) is 17.9. The Labute approximate surface area is 147 Å². The molecule has 2 heterocycles. The Morgan fingerprint density at radius 1 is 1.00 bits per heavy atom. The van der Waals surface area contributed by atoms with E-state index >= 15 is 0 Å². The number of hydrogen-bond donors (Lipinski definition) is 1. The lowest BCUT2D eigenvalue weighted by Crippen LogP contribution is -2.24. The van der Waals surface area contributed by atoms with Crippen LogP contribution in [0.2, 0.25) is 0 Å². The number of carbonyl (C=O) groups is 1. The highest BCUT2D eigenvalue weighted by atomic mass is 16.4. The van der Waals surface area contributed by atoms with Crippen molar-refractivity contribution in [1.29, 1.82) is 0 Å². The average molecular weight is 346 g/mol. The van der Waals surface area contributed by atoms with Gasteiger partial charge in [0.15, 0.2) is 11.4 Å². The number of anilines is 1. The van der Waals surface area contributed by atoms with E-state index < -0.39 is 5.76 Å². The molecule has 4 aromatic rings. The van der Waals surface area contributed by atoms with Crippen LogP contribution in [-0.2, 0) is 11.3 Å². The summed E-state index contributed by atoms with van der Waals surface area (Å²) < 4.78 is 6.40. The van der Waals surface area contributed by atoms with Crippen molar-refractivity contribution in [2.24, 2.45) is 0 Å². The van der Waals surface area contributed by atoms with E-state index in [1.165, 1.54) is 17.0 Å². The molecule has 128 valence electrons. The van der Waals surface area contributed by atoms with E-state index in [2.05, 4.69) is 15.3 Å². The average Bonchev–Trinajstić information content (AvgIpc) is 2.98. The Morgan fingerprint density at radius 3 is 2.46 bits per heavy atom. The van der Waals surface area contributed by atoms with E-state index in [1.54, 1.807) is 24.3 Å². The number of rotatable bonds is 4. The van der Waals surface area contributed by atoms with Gasteiger partial charge in [0, 0.05) is 5.56 Å². The van der Waals surface area contributed by atoms with E-state index in [4.69, 9.17) is 4.42 Å². The second-order valence-corrected chi connectivity index (χ2v) is 5.63. The lowest BCUT2D eigenvalue weighted by Gasteiger charge is -2.06. The minimum absolute atomic E-state index is 0.156. The van der Waals surface area contributed by atoms with Gasteiger partial charge in [0.1, 0.15) is 6.54 Å². The van der Waals surface area contributed by atoms with Crippen molar-refractivity contribution >= 4 is 22.7 Å². The minimum atomic E-state index is -0.572. The summed E-state index contributed by atoms with van der Waals surface area (Å²) in [4.78, 5) is 32.7. The quantitative estimate of drug-likeness (QED) is 0.613. The summed E-state index contributed by atoms with van der Waals surface area (Å²) in [6.07, 6.45) is 3.06.